The summed E-state index contributed by atoms with van der Waals surface area (Å²) in [7, 11) is 0. The van der Waals surface area contributed by atoms with Gasteiger partial charge in [-0.2, -0.15) is 0 Å². The van der Waals surface area contributed by atoms with Crippen LogP contribution < -0.4 is 5.32 Å². The summed E-state index contributed by atoms with van der Waals surface area (Å²) in [6, 6.07) is 18.8. The Morgan fingerprint density at radius 2 is 1.83 bits per heavy atom. The molecule has 156 valence electrons. The van der Waals surface area contributed by atoms with Crippen LogP contribution in [-0.2, 0) is 17.8 Å². The molecule has 5 nitrogen and oxygen atoms in total. The zero-order chi connectivity index (χ0) is 20.9. The Morgan fingerprint density at radius 1 is 1.10 bits per heavy atom. The topological polar surface area (TPSA) is 59.8 Å². The molecule has 0 bridgehead atoms. The number of amides is 1. The normalized spacial score (nSPS) is 14.5. The fourth-order valence-electron chi connectivity index (χ4n) is 3.50. The number of carbonyl (C=O) groups excluding carboxylic acids is 1. The van der Waals surface area contributed by atoms with Gasteiger partial charge in [-0.25, -0.2) is 0 Å². The van der Waals surface area contributed by atoms with E-state index >= 15 is 0 Å². The summed E-state index contributed by atoms with van der Waals surface area (Å²) in [5, 5.41) is 12.7. The molecule has 1 N–H and O–H groups in total. The Bertz CT molecular complexity index is 980. The summed E-state index contributed by atoms with van der Waals surface area (Å²) in [6.07, 6.45) is 3.36. The fourth-order valence-corrected chi connectivity index (χ4v) is 4.26. The number of carbonyl (C=O) groups is 1. The Hall–Kier alpha value is -2.60. The molecule has 0 saturated heterocycles. The van der Waals surface area contributed by atoms with E-state index < -0.39 is 0 Å². The number of rotatable bonds is 9. The van der Waals surface area contributed by atoms with E-state index in [0.29, 0.717) is 11.7 Å². The number of aryl methyl sites for hydroxylation is 1. The van der Waals surface area contributed by atoms with Crippen LogP contribution >= 0.6 is 11.8 Å². The van der Waals surface area contributed by atoms with Crippen molar-refractivity contribution in [2.75, 3.05) is 5.75 Å². The van der Waals surface area contributed by atoms with Gasteiger partial charge in [0.2, 0.25) is 5.91 Å². The van der Waals surface area contributed by atoms with Crippen molar-refractivity contribution in [2.45, 2.75) is 56.8 Å². The average molecular weight is 421 g/mol. The Balaban J connectivity index is 1.38. The summed E-state index contributed by atoms with van der Waals surface area (Å²) >= 11 is 1.46. The molecule has 0 radical (unpaired) electrons. The van der Waals surface area contributed by atoms with Crippen LogP contribution in [0.2, 0.25) is 0 Å². The first-order valence-electron chi connectivity index (χ1n) is 10.6. The summed E-state index contributed by atoms with van der Waals surface area (Å²) in [5.41, 5.74) is 3.64. The van der Waals surface area contributed by atoms with Crippen molar-refractivity contribution in [3.63, 3.8) is 0 Å². The number of nitrogens with zero attached hydrogens (tertiary/aromatic N) is 3. The largest absolute Gasteiger partial charge is 0.349 e. The van der Waals surface area contributed by atoms with E-state index in [4.69, 9.17) is 0 Å². The first-order valence-corrected chi connectivity index (χ1v) is 11.6. The van der Waals surface area contributed by atoms with Crippen molar-refractivity contribution in [1.82, 2.24) is 20.1 Å². The van der Waals surface area contributed by atoms with Crippen LogP contribution in [0.3, 0.4) is 0 Å². The molecule has 3 aromatic rings. The van der Waals surface area contributed by atoms with E-state index in [9.17, 15) is 4.79 Å². The number of nitrogens with one attached hydrogen (secondary N) is 1. The van der Waals surface area contributed by atoms with Crippen molar-refractivity contribution in [1.29, 1.82) is 0 Å². The molecule has 1 aliphatic carbocycles. The van der Waals surface area contributed by atoms with E-state index in [1.165, 1.54) is 35.7 Å². The number of thioether (sulfide) groups is 1. The Kier molecular flexibility index (Phi) is 6.53. The standard InChI is InChI=1S/C24H28N4OS/c1-3-18-9-11-20(12-10-18)17(2)25-22(29)16-30-24-27-26-23(21-13-14-21)28(24)15-19-7-5-4-6-8-19/h4-12,17,21H,3,13-16H2,1-2H3,(H,25,29)/t17-/m1/s1. The summed E-state index contributed by atoms with van der Waals surface area (Å²) in [6.45, 7) is 4.90. The lowest BCUT2D eigenvalue weighted by Crippen LogP contribution is -2.28. The number of hydrogen-bond donors (Lipinski definition) is 1. The van der Waals surface area contributed by atoms with Gasteiger partial charge in [-0.1, -0.05) is 73.3 Å². The van der Waals surface area contributed by atoms with E-state index in [-0.39, 0.29) is 11.9 Å². The molecule has 1 saturated carbocycles. The van der Waals surface area contributed by atoms with Gasteiger partial charge in [0.1, 0.15) is 5.82 Å². The van der Waals surface area contributed by atoms with Crippen molar-refractivity contribution in [3.8, 4) is 0 Å². The zero-order valence-electron chi connectivity index (χ0n) is 17.5. The maximum absolute atomic E-state index is 12.6. The molecule has 0 aliphatic heterocycles. The highest BCUT2D eigenvalue weighted by atomic mass is 32.2. The molecule has 1 heterocycles. The number of hydrogen-bond acceptors (Lipinski definition) is 4. The van der Waals surface area contributed by atoms with Crippen LogP contribution in [0.5, 0.6) is 0 Å². The van der Waals surface area contributed by atoms with Gasteiger partial charge in [-0.3, -0.25) is 4.79 Å². The molecule has 1 atom stereocenters. The van der Waals surface area contributed by atoms with Gasteiger partial charge in [0.05, 0.1) is 18.3 Å². The highest BCUT2D eigenvalue weighted by molar-refractivity contribution is 7.99. The fraction of sp³-hybridized carbons (Fsp3) is 0.375. The van der Waals surface area contributed by atoms with Gasteiger partial charge < -0.3 is 9.88 Å². The van der Waals surface area contributed by atoms with Crippen molar-refractivity contribution in [3.05, 3.63) is 77.1 Å². The molecule has 6 heteroatoms. The predicted molar refractivity (Wildman–Crippen MR) is 121 cm³/mol. The average Bonchev–Trinajstić information content (AvgIpc) is 3.54. The van der Waals surface area contributed by atoms with Crippen molar-refractivity contribution in [2.24, 2.45) is 0 Å². The maximum Gasteiger partial charge on any atom is 0.230 e. The van der Waals surface area contributed by atoms with Gasteiger partial charge in [-0.15, -0.1) is 10.2 Å². The molecule has 1 aromatic heterocycles. The highest BCUT2D eigenvalue weighted by Crippen LogP contribution is 2.40. The van der Waals surface area contributed by atoms with Gasteiger partial charge in [0.15, 0.2) is 5.16 Å². The molecule has 2 aromatic carbocycles. The molecule has 0 unspecified atom stereocenters. The van der Waals surface area contributed by atoms with Gasteiger partial charge >= 0.3 is 0 Å². The second-order valence-corrected chi connectivity index (χ2v) is 8.80. The van der Waals surface area contributed by atoms with Crippen LogP contribution in [0.15, 0.2) is 59.8 Å². The summed E-state index contributed by atoms with van der Waals surface area (Å²) in [5.74, 6) is 1.89. The first kappa shape index (κ1) is 20.7. The Morgan fingerprint density at radius 3 is 2.50 bits per heavy atom. The van der Waals surface area contributed by atoms with E-state index in [1.807, 2.05) is 25.1 Å². The number of aromatic nitrogens is 3. The minimum Gasteiger partial charge on any atom is -0.349 e. The predicted octanol–water partition coefficient (Wildman–Crippen LogP) is 4.74. The minimum absolute atomic E-state index is 0.00861. The quantitative estimate of drug-likeness (QED) is 0.508. The van der Waals surface area contributed by atoms with Crippen LogP contribution in [0.25, 0.3) is 0 Å². The van der Waals surface area contributed by atoms with Gasteiger partial charge in [-0.05, 0) is 42.9 Å². The minimum atomic E-state index is -0.0202. The van der Waals surface area contributed by atoms with Crippen LogP contribution in [0.1, 0.15) is 61.2 Å². The number of benzene rings is 2. The third kappa shape index (κ3) is 5.11. The second kappa shape index (κ2) is 9.47. The molecule has 1 aliphatic rings. The molecular weight excluding hydrogens is 392 g/mol. The molecule has 1 amide bonds. The summed E-state index contributed by atoms with van der Waals surface area (Å²) in [4.78, 5) is 12.6. The molecule has 30 heavy (non-hydrogen) atoms. The summed E-state index contributed by atoms with van der Waals surface area (Å²) < 4.78 is 2.18. The SMILES string of the molecule is CCc1ccc([C@@H](C)NC(=O)CSc2nnc(C3CC3)n2Cc2ccccc2)cc1. The van der Waals surface area contributed by atoms with Crippen molar-refractivity contribution >= 4 is 17.7 Å². The highest BCUT2D eigenvalue weighted by Gasteiger charge is 2.30. The molecular formula is C24H28N4OS. The van der Waals surface area contributed by atoms with Crippen LogP contribution in [0.4, 0.5) is 0 Å². The lowest BCUT2D eigenvalue weighted by Gasteiger charge is -2.15. The van der Waals surface area contributed by atoms with E-state index in [0.717, 1.165) is 29.5 Å². The maximum atomic E-state index is 12.6. The zero-order valence-corrected chi connectivity index (χ0v) is 18.4. The monoisotopic (exact) mass is 420 g/mol. The first-order chi connectivity index (χ1) is 14.6. The lowest BCUT2D eigenvalue weighted by molar-refractivity contribution is -0.119. The Labute approximate surface area is 182 Å². The van der Waals surface area contributed by atoms with E-state index in [1.54, 1.807) is 0 Å². The van der Waals surface area contributed by atoms with Gasteiger partial charge in [0, 0.05) is 5.92 Å². The third-order valence-corrected chi connectivity index (χ3v) is 6.44. The lowest BCUT2D eigenvalue weighted by atomic mass is 10.1. The van der Waals surface area contributed by atoms with Crippen molar-refractivity contribution < 1.29 is 4.79 Å². The van der Waals surface area contributed by atoms with Gasteiger partial charge in [0.25, 0.3) is 0 Å². The third-order valence-electron chi connectivity index (χ3n) is 5.47. The van der Waals surface area contributed by atoms with Crippen LogP contribution in [-0.4, -0.2) is 26.4 Å². The molecule has 1 fully saturated rings. The molecule has 4 rings (SSSR count). The second-order valence-electron chi connectivity index (χ2n) is 7.86. The van der Waals surface area contributed by atoms with E-state index in [2.05, 4.69) is 63.4 Å². The smallest absolute Gasteiger partial charge is 0.230 e. The molecule has 0 spiro atoms. The van der Waals surface area contributed by atoms with Crippen LogP contribution in [0, 0.1) is 0 Å².